The molecule has 0 aliphatic rings. The molecule has 0 aromatic heterocycles. The first-order chi connectivity index (χ1) is 6.66. The third-order valence-electron chi connectivity index (χ3n) is 2.25. The highest BCUT2D eigenvalue weighted by Gasteiger charge is 2.03. The number of nitrogens with two attached hydrogens (primary N) is 1. The van der Waals surface area contributed by atoms with Gasteiger partial charge in [0.2, 0.25) is 0 Å². The Bertz CT molecular complexity index is 350. The average molecular weight is 188 g/mol. The summed E-state index contributed by atoms with van der Waals surface area (Å²) in [6, 6.07) is 10.0. The van der Waals surface area contributed by atoms with Crippen LogP contribution in [-0.4, -0.2) is 7.05 Å². The van der Waals surface area contributed by atoms with E-state index >= 15 is 0 Å². The molecule has 3 N–H and O–H groups in total. The molecular formula is C12H16N2. The van der Waals surface area contributed by atoms with Crippen LogP contribution in [0.1, 0.15) is 12.5 Å². The summed E-state index contributed by atoms with van der Waals surface area (Å²) in [6.45, 7) is 5.98. The van der Waals surface area contributed by atoms with Crippen molar-refractivity contribution in [1.82, 2.24) is 5.32 Å². The summed E-state index contributed by atoms with van der Waals surface area (Å²) in [7, 11) is 1.80. The van der Waals surface area contributed by atoms with E-state index in [1.54, 1.807) is 7.05 Å². The van der Waals surface area contributed by atoms with E-state index in [-0.39, 0.29) is 0 Å². The molecule has 0 fully saturated rings. The number of allylic oxidation sites excluding steroid dienone is 2. The van der Waals surface area contributed by atoms with E-state index in [1.807, 2.05) is 37.3 Å². The predicted molar refractivity (Wildman–Crippen MR) is 61.4 cm³/mol. The molecule has 2 nitrogen and oxygen atoms in total. The molecule has 2 heteroatoms. The van der Waals surface area contributed by atoms with Crippen LogP contribution >= 0.6 is 0 Å². The van der Waals surface area contributed by atoms with Crippen LogP contribution < -0.4 is 11.1 Å². The molecule has 14 heavy (non-hydrogen) atoms. The first-order valence-electron chi connectivity index (χ1n) is 4.55. The van der Waals surface area contributed by atoms with Crippen LogP contribution in [0, 0.1) is 0 Å². The van der Waals surface area contributed by atoms with E-state index in [9.17, 15) is 0 Å². The Morgan fingerprint density at radius 3 is 2.36 bits per heavy atom. The van der Waals surface area contributed by atoms with E-state index in [2.05, 4.69) is 11.9 Å². The Balaban J connectivity index is 2.98. The van der Waals surface area contributed by atoms with Crippen molar-refractivity contribution >= 4 is 5.57 Å². The van der Waals surface area contributed by atoms with Crippen molar-refractivity contribution < 1.29 is 0 Å². The van der Waals surface area contributed by atoms with Gasteiger partial charge in [-0.2, -0.15) is 0 Å². The number of rotatable bonds is 3. The molecule has 0 unspecified atom stereocenters. The Morgan fingerprint density at radius 1 is 1.29 bits per heavy atom. The van der Waals surface area contributed by atoms with Gasteiger partial charge in [0.05, 0.1) is 5.82 Å². The minimum Gasteiger partial charge on any atom is -0.385 e. The molecule has 74 valence electrons. The number of hydrogen-bond donors (Lipinski definition) is 2. The summed E-state index contributed by atoms with van der Waals surface area (Å²) in [5.41, 5.74) is 8.80. The monoisotopic (exact) mass is 188 g/mol. The van der Waals surface area contributed by atoms with Gasteiger partial charge in [0.1, 0.15) is 0 Å². The van der Waals surface area contributed by atoms with Crippen LogP contribution in [0.5, 0.6) is 0 Å². The van der Waals surface area contributed by atoms with Gasteiger partial charge in [-0.3, -0.25) is 0 Å². The maximum Gasteiger partial charge on any atom is 0.0993 e. The molecule has 0 bridgehead atoms. The van der Waals surface area contributed by atoms with Crippen molar-refractivity contribution in [2.24, 2.45) is 5.73 Å². The van der Waals surface area contributed by atoms with Crippen molar-refractivity contribution in [2.75, 3.05) is 7.05 Å². The van der Waals surface area contributed by atoms with Crippen LogP contribution in [-0.2, 0) is 0 Å². The maximum absolute atomic E-state index is 5.76. The second-order valence-corrected chi connectivity index (χ2v) is 3.13. The summed E-state index contributed by atoms with van der Waals surface area (Å²) < 4.78 is 0. The van der Waals surface area contributed by atoms with Crippen LogP contribution in [0.25, 0.3) is 5.57 Å². The molecule has 0 spiro atoms. The quantitative estimate of drug-likeness (QED) is 0.713. The van der Waals surface area contributed by atoms with E-state index < -0.39 is 0 Å². The zero-order valence-electron chi connectivity index (χ0n) is 8.67. The van der Waals surface area contributed by atoms with E-state index in [0.29, 0.717) is 5.82 Å². The lowest BCUT2D eigenvalue weighted by Crippen LogP contribution is -2.17. The van der Waals surface area contributed by atoms with Gasteiger partial charge in [-0.25, -0.2) is 0 Å². The normalized spacial score (nSPS) is 11.9. The van der Waals surface area contributed by atoms with Gasteiger partial charge < -0.3 is 11.1 Å². The summed E-state index contributed by atoms with van der Waals surface area (Å²) in [6.07, 6.45) is 0. The minimum absolute atomic E-state index is 0.666. The SMILES string of the molecule is C=C(/C(C)=C(/N)NC)c1ccccc1. The van der Waals surface area contributed by atoms with Gasteiger partial charge in [0.25, 0.3) is 0 Å². The standard InChI is InChI=1S/C12H16N2/c1-9(10(2)12(13)14-3)11-7-5-4-6-8-11/h4-8,14H,1,13H2,2-3H3/b12-10-. The topological polar surface area (TPSA) is 38.0 Å². The van der Waals surface area contributed by atoms with Crippen molar-refractivity contribution in [3.63, 3.8) is 0 Å². The fraction of sp³-hybridized carbons (Fsp3) is 0.167. The van der Waals surface area contributed by atoms with Gasteiger partial charge in [-0.05, 0) is 23.6 Å². The van der Waals surface area contributed by atoms with E-state index in [4.69, 9.17) is 5.73 Å². The van der Waals surface area contributed by atoms with Gasteiger partial charge in [0, 0.05) is 7.05 Å². The second-order valence-electron chi connectivity index (χ2n) is 3.13. The van der Waals surface area contributed by atoms with Crippen LogP contribution in [0.3, 0.4) is 0 Å². The first-order valence-corrected chi connectivity index (χ1v) is 4.55. The van der Waals surface area contributed by atoms with Crippen LogP contribution in [0.15, 0.2) is 48.3 Å². The Hall–Kier alpha value is -1.70. The highest BCUT2D eigenvalue weighted by Crippen LogP contribution is 2.20. The molecule has 0 saturated carbocycles. The van der Waals surface area contributed by atoms with Gasteiger partial charge in [-0.15, -0.1) is 0 Å². The summed E-state index contributed by atoms with van der Waals surface area (Å²) in [5, 5.41) is 2.91. The number of hydrogen-bond acceptors (Lipinski definition) is 2. The highest BCUT2D eigenvalue weighted by atomic mass is 15.0. The summed E-state index contributed by atoms with van der Waals surface area (Å²) >= 11 is 0. The lowest BCUT2D eigenvalue weighted by atomic mass is 10.0. The number of nitrogens with one attached hydrogen (secondary N) is 1. The summed E-state index contributed by atoms with van der Waals surface area (Å²) in [4.78, 5) is 0. The Labute approximate surface area is 85.1 Å². The average Bonchev–Trinajstić information content (AvgIpc) is 2.27. The minimum atomic E-state index is 0.666. The Morgan fingerprint density at radius 2 is 1.86 bits per heavy atom. The number of benzene rings is 1. The molecule has 0 aliphatic carbocycles. The van der Waals surface area contributed by atoms with Gasteiger partial charge in [-0.1, -0.05) is 36.9 Å². The van der Waals surface area contributed by atoms with Crippen molar-refractivity contribution in [3.05, 3.63) is 53.9 Å². The second kappa shape index (κ2) is 4.51. The van der Waals surface area contributed by atoms with Crippen molar-refractivity contribution in [2.45, 2.75) is 6.92 Å². The predicted octanol–water partition coefficient (Wildman–Crippen LogP) is 2.11. The molecule has 0 atom stereocenters. The Kier molecular flexibility index (Phi) is 3.35. The van der Waals surface area contributed by atoms with Crippen molar-refractivity contribution in [3.8, 4) is 0 Å². The lowest BCUT2D eigenvalue weighted by Gasteiger charge is -2.10. The largest absolute Gasteiger partial charge is 0.385 e. The third kappa shape index (κ3) is 2.16. The molecule has 1 aromatic rings. The zero-order valence-corrected chi connectivity index (χ0v) is 8.67. The fourth-order valence-electron chi connectivity index (χ4n) is 1.21. The molecule has 1 rings (SSSR count). The third-order valence-corrected chi connectivity index (χ3v) is 2.25. The molecular weight excluding hydrogens is 172 g/mol. The van der Waals surface area contributed by atoms with E-state index in [0.717, 1.165) is 16.7 Å². The first kappa shape index (κ1) is 10.4. The molecule has 0 amide bonds. The molecule has 0 aliphatic heterocycles. The van der Waals surface area contributed by atoms with Gasteiger partial charge >= 0.3 is 0 Å². The fourth-order valence-corrected chi connectivity index (χ4v) is 1.21. The highest BCUT2D eigenvalue weighted by molar-refractivity contribution is 5.77. The maximum atomic E-state index is 5.76. The van der Waals surface area contributed by atoms with Crippen molar-refractivity contribution in [1.29, 1.82) is 0 Å². The van der Waals surface area contributed by atoms with Crippen LogP contribution in [0.4, 0.5) is 0 Å². The van der Waals surface area contributed by atoms with Gasteiger partial charge in [0.15, 0.2) is 0 Å². The molecule has 0 heterocycles. The molecule has 0 radical (unpaired) electrons. The molecule has 0 saturated heterocycles. The summed E-state index contributed by atoms with van der Waals surface area (Å²) in [5.74, 6) is 0.666. The smallest absolute Gasteiger partial charge is 0.0993 e. The molecule has 1 aromatic carbocycles. The van der Waals surface area contributed by atoms with Crippen LogP contribution in [0.2, 0.25) is 0 Å². The lowest BCUT2D eigenvalue weighted by molar-refractivity contribution is 0.947. The zero-order chi connectivity index (χ0) is 10.6. The van der Waals surface area contributed by atoms with E-state index in [1.165, 1.54) is 0 Å².